The third-order valence-corrected chi connectivity index (χ3v) is 8.28. The van der Waals surface area contributed by atoms with Crippen molar-refractivity contribution in [3.8, 4) is 0 Å². The summed E-state index contributed by atoms with van der Waals surface area (Å²) in [5.41, 5.74) is 6.35. The van der Waals surface area contributed by atoms with Crippen LogP contribution in [0.1, 0.15) is 58.8 Å². The third-order valence-electron chi connectivity index (χ3n) is 8.28. The number of hydrogen-bond acceptors (Lipinski definition) is 3. The van der Waals surface area contributed by atoms with Gasteiger partial charge in [0.1, 0.15) is 0 Å². The predicted octanol–water partition coefficient (Wildman–Crippen LogP) is 4.53. The van der Waals surface area contributed by atoms with E-state index < -0.39 is 0 Å². The maximum Gasteiger partial charge on any atom is 0.172 e. The smallest absolute Gasteiger partial charge is 0.172 e. The summed E-state index contributed by atoms with van der Waals surface area (Å²) in [6.07, 6.45) is 9.28. The summed E-state index contributed by atoms with van der Waals surface area (Å²) in [5.74, 6) is 1.26. The van der Waals surface area contributed by atoms with E-state index in [1.165, 1.54) is 5.57 Å². The van der Waals surface area contributed by atoms with Gasteiger partial charge in [0.25, 0.3) is 0 Å². The van der Waals surface area contributed by atoms with Crippen LogP contribution in [0.5, 0.6) is 0 Å². The van der Waals surface area contributed by atoms with E-state index in [2.05, 4.69) is 26.5 Å². The van der Waals surface area contributed by atoms with Gasteiger partial charge in [-0.1, -0.05) is 24.1 Å². The van der Waals surface area contributed by atoms with Crippen molar-refractivity contribution >= 4 is 0 Å². The van der Waals surface area contributed by atoms with Gasteiger partial charge in [-0.05, 0) is 67.9 Å². The average Bonchev–Trinajstić information content (AvgIpc) is 3.18. The Morgan fingerprint density at radius 1 is 1.19 bits per heavy atom. The van der Waals surface area contributed by atoms with Gasteiger partial charge in [-0.3, -0.25) is 0 Å². The number of aliphatic hydroxyl groups excluding tert-OH is 1. The van der Waals surface area contributed by atoms with E-state index in [9.17, 15) is 5.11 Å². The van der Waals surface area contributed by atoms with Crippen molar-refractivity contribution in [2.45, 2.75) is 70.7 Å². The largest absolute Gasteiger partial charge is 0.393 e. The first-order valence-electron chi connectivity index (χ1n) is 10.5. The van der Waals surface area contributed by atoms with Gasteiger partial charge in [0, 0.05) is 18.3 Å². The second-order valence-corrected chi connectivity index (χ2v) is 9.57. The molecule has 3 nitrogen and oxygen atoms in total. The van der Waals surface area contributed by atoms with Crippen LogP contribution in [0.25, 0.3) is 0 Å². The first-order valence-corrected chi connectivity index (χ1v) is 10.5. The lowest BCUT2D eigenvalue weighted by atomic mass is 9.53. The summed E-state index contributed by atoms with van der Waals surface area (Å²) >= 11 is 0. The van der Waals surface area contributed by atoms with Crippen molar-refractivity contribution < 1.29 is 14.6 Å². The second kappa shape index (κ2) is 5.80. The summed E-state index contributed by atoms with van der Waals surface area (Å²) in [4.78, 5) is 0. The molecule has 4 aliphatic carbocycles. The van der Waals surface area contributed by atoms with E-state index in [4.69, 9.17) is 9.47 Å². The van der Waals surface area contributed by atoms with Gasteiger partial charge in [0.15, 0.2) is 5.79 Å². The van der Waals surface area contributed by atoms with Crippen molar-refractivity contribution in [3.05, 3.63) is 34.9 Å². The molecule has 142 valence electrons. The van der Waals surface area contributed by atoms with E-state index in [-0.39, 0.29) is 17.3 Å². The summed E-state index contributed by atoms with van der Waals surface area (Å²) in [6, 6.07) is 0. The van der Waals surface area contributed by atoms with Crippen LogP contribution in [0.4, 0.5) is 0 Å². The average molecular weight is 357 g/mol. The highest BCUT2D eigenvalue weighted by atomic mass is 16.7. The van der Waals surface area contributed by atoms with Crippen LogP contribution < -0.4 is 0 Å². The van der Waals surface area contributed by atoms with E-state index >= 15 is 0 Å². The van der Waals surface area contributed by atoms with Crippen molar-refractivity contribution in [1.82, 2.24) is 0 Å². The third kappa shape index (κ3) is 2.23. The van der Waals surface area contributed by atoms with E-state index in [1.54, 1.807) is 16.7 Å². The number of ether oxygens (including phenoxy) is 2. The number of fused-ring (bicyclic) bond motifs is 4. The number of aliphatic hydroxyl groups is 1. The minimum atomic E-state index is -0.349. The fraction of sp³-hybridized carbons (Fsp3) is 0.739. The highest BCUT2D eigenvalue weighted by Gasteiger charge is 2.56. The molecule has 1 spiro atoms. The minimum Gasteiger partial charge on any atom is -0.393 e. The van der Waals surface area contributed by atoms with Crippen molar-refractivity contribution in [2.24, 2.45) is 23.2 Å². The Labute approximate surface area is 157 Å². The molecule has 26 heavy (non-hydrogen) atoms. The zero-order valence-electron chi connectivity index (χ0n) is 16.2. The van der Waals surface area contributed by atoms with Gasteiger partial charge < -0.3 is 14.6 Å². The molecule has 0 aromatic carbocycles. The van der Waals surface area contributed by atoms with Crippen molar-refractivity contribution in [3.63, 3.8) is 0 Å². The molecule has 5 rings (SSSR count). The molecular formula is C23H32O3. The zero-order valence-corrected chi connectivity index (χ0v) is 16.2. The molecule has 1 saturated carbocycles. The van der Waals surface area contributed by atoms with Crippen LogP contribution in [0.3, 0.4) is 0 Å². The fourth-order valence-electron chi connectivity index (χ4n) is 7.12. The molecule has 2 fully saturated rings. The number of allylic oxidation sites excluding steroid dienone is 4. The Kier molecular flexibility index (Phi) is 3.84. The maximum atomic E-state index is 10.7. The van der Waals surface area contributed by atoms with Gasteiger partial charge in [-0.25, -0.2) is 0 Å². The summed E-state index contributed by atoms with van der Waals surface area (Å²) in [6.45, 7) is 10.3. The molecular weight excluding hydrogens is 324 g/mol. The lowest BCUT2D eigenvalue weighted by Gasteiger charge is -2.52. The fourth-order valence-corrected chi connectivity index (χ4v) is 7.12. The van der Waals surface area contributed by atoms with Gasteiger partial charge in [0.05, 0.1) is 19.3 Å². The standard InChI is InChI=1S/C23H32O3/c1-4-15-11-16-13-23(25-9-10-26-23)8-7-17(16)20-14(2)12-22(3)18(21(15)20)5-6-19(22)24/h4,15,18-19,21,24H,1,5-13H2,2-3H3/t15-,18?,19+,21?,22+/m1/s1. The highest BCUT2D eigenvalue weighted by Crippen LogP contribution is 2.63. The molecule has 5 aliphatic rings. The number of hydrogen-bond donors (Lipinski definition) is 1. The Balaban J connectivity index is 1.59. The highest BCUT2D eigenvalue weighted by molar-refractivity contribution is 5.49. The molecule has 0 bridgehead atoms. The van der Waals surface area contributed by atoms with Gasteiger partial charge in [-0.15, -0.1) is 6.58 Å². The summed E-state index contributed by atoms with van der Waals surface area (Å²) in [5, 5.41) is 10.7. The van der Waals surface area contributed by atoms with Crippen LogP contribution in [0.2, 0.25) is 0 Å². The molecule has 0 amide bonds. The lowest BCUT2D eigenvalue weighted by Crippen LogP contribution is -2.46. The van der Waals surface area contributed by atoms with Gasteiger partial charge in [0.2, 0.25) is 0 Å². The van der Waals surface area contributed by atoms with E-state index in [1.807, 2.05) is 0 Å². The van der Waals surface area contributed by atoms with Gasteiger partial charge >= 0.3 is 0 Å². The van der Waals surface area contributed by atoms with E-state index in [0.29, 0.717) is 17.8 Å². The Bertz CT molecular complexity index is 696. The molecule has 0 aromatic heterocycles. The summed E-state index contributed by atoms with van der Waals surface area (Å²) < 4.78 is 12.1. The predicted molar refractivity (Wildman–Crippen MR) is 101 cm³/mol. The number of rotatable bonds is 1. The van der Waals surface area contributed by atoms with Crippen molar-refractivity contribution in [1.29, 1.82) is 0 Å². The Morgan fingerprint density at radius 2 is 1.96 bits per heavy atom. The molecule has 2 unspecified atom stereocenters. The monoisotopic (exact) mass is 356 g/mol. The lowest BCUT2D eigenvalue weighted by molar-refractivity contribution is -0.164. The first-order chi connectivity index (χ1) is 12.5. The molecule has 1 heterocycles. The molecule has 1 aliphatic heterocycles. The first kappa shape index (κ1) is 17.2. The van der Waals surface area contributed by atoms with Crippen LogP contribution >= 0.6 is 0 Å². The van der Waals surface area contributed by atoms with Crippen molar-refractivity contribution in [2.75, 3.05) is 13.2 Å². The molecule has 0 aromatic rings. The quantitative estimate of drug-likeness (QED) is 0.702. The summed E-state index contributed by atoms with van der Waals surface area (Å²) in [7, 11) is 0. The van der Waals surface area contributed by atoms with E-state index in [0.717, 1.165) is 58.2 Å². The normalized spacial score (nSPS) is 44.1. The van der Waals surface area contributed by atoms with Crippen LogP contribution in [0, 0.1) is 23.2 Å². The molecule has 5 atom stereocenters. The molecule has 3 heteroatoms. The maximum absolute atomic E-state index is 10.7. The molecule has 1 saturated heterocycles. The van der Waals surface area contributed by atoms with Crippen LogP contribution in [0.15, 0.2) is 34.9 Å². The van der Waals surface area contributed by atoms with Crippen LogP contribution in [-0.4, -0.2) is 30.2 Å². The Morgan fingerprint density at radius 3 is 2.69 bits per heavy atom. The van der Waals surface area contributed by atoms with Crippen LogP contribution in [-0.2, 0) is 9.47 Å². The zero-order chi connectivity index (χ0) is 18.1. The molecule has 1 N–H and O–H groups in total. The SMILES string of the molecule is C=C[C@@H]1CC2=C(CCC3(C2)OCCO3)C2=C(C)C[C@@]3(C)C(CC[C@@H]3O)C21. The Hall–Kier alpha value is -0.900. The second-order valence-electron chi connectivity index (χ2n) is 9.57. The minimum absolute atomic E-state index is 0.0468. The molecule has 0 radical (unpaired) electrons. The topological polar surface area (TPSA) is 38.7 Å². The van der Waals surface area contributed by atoms with Gasteiger partial charge in [-0.2, -0.15) is 0 Å².